The molecule has 11 heteroatoms. The molecule has 0 spiro atoms. The number of benzene rings is 2. The third kappa shape index (κ3) is 29.2. The van der Waals surface area contributed by atoms with Crippen molar-refractivity contribution in [2.45, 2.75) is 300 Å². The van der Waals surface area contributed by atoms with Crippen LogP contribution < -0.4 is 0 Å². The van der Waals surface area contributed by atoms with Crippen LogP contribution in [0, 0.1) is 22.3 Å². The first-order chi connectivity index (χ1) is 37.6. The van der Waals surface area contributed by atoms with Crippen molar-refractivity contribution in [1.29, 1.82) is 0 Å². The van der Waals surface area contributed by atoms with E-state index in [9.17, 15) is 19.8 Å². The van der Waals surface area contributed by atoms with Gasteiger partial charge in [0, 0.05) is 40.9 Å². The van der Waals surface area contributed by atoms with Crippen LogP contribution in [0.4, 0.5) is 0 Å². The van der Waals surface area contributed by atoms with E-state index < -0.39 is 18.4 Å². The van der Waals surface area contributed by atoms with Gasteiger partial charge in [0.05, 0.1) is 64.4 Å². The van der Waals surface area contributed by atoms with E-state index in [0.717, 1.165) is 60.8 Å². The van der Waals surface area contributed by atoms with Gasteiger partial charge in [-0.15, -0.1) is 0 Å². The molecule has 1 aliphatic carbocycles. The fourth-order valence-electron chi connectivity index (χ4n) is 12.3. The Morgan fingerprint density at radius 2 is 0.738 bits per heavy atom. The van der Waals surface area contributed by atoms with Gasteiger partial charge < -0.3 is 51.7 Å². The summed E-state index contributed by atoms with van der Waals surface area (Å²) in [6.45, 7) is 43.1. The van der Waals surface area contributed by atoms with E-state index >= 15 is 0 Å². The van der Waals surface area contributed by atoms with Crippen LogP contribution in [-0.4, -0.2) is 118 Å². The smallest absolute Gasteiger partial charge is 0.314 e. The van der Waals surface area contributed by atoms with Gasteiger partial charge in [0.1, 0.15) is 17.9 Å². The molecule has 2 aromatic rings. The number of hydrogen-bond acceptors (Lipinski definition) is 6. The number of carbonyl (C=O) groups is 2. The molecule has 0 aliphatic heterocycles. The predicted octanol–water partition coefficient (Wildman–Crippen LogP) is 19.8. The molecule has 0 amide bonds. The third-order valence-electron chi connectivity index (χ3n) is 18.1. The van der Waals surface area contributed by atoms with Crippen molar-refractivity contribution in [3.8, 4) is 11.5 Å². The Kier molecular flexibility index (Phi) is 47.7. The SMILES string of the molecule is C.CCCCC(C)(CCCC)c1cc(C=NC2CCC2N=Cc2cc(C(C)(CCC[N+](CCCC)(CCCC)CCCC)CCC[N+](CCCC)(CCCC)CCCC)cc(C(C)C)c2O)c(O)c(C(C)C)c1.O=C(O)CC(=O)O.[CH3-].[CH3-].[CH3-].[Cr]. The Morgan fingerprint density at radius 3 is 0.952 bits per heavy atom. The molecule has 1 fully saturated rings. The summed E-state index contributed by atoms with van der Waals surface area (Å²) < 4.78 is 2.57. The average Bonchev–Trinajstić information content (AvgIpc) is 3.40. The summed E-state index contributed by atoms with van der Waals surface area (Å²) in [6.07, 6.45) is 32.5. The zero-order valence-corrected chi connectivity index (χ0v) is 58.2. The minimum atomic E-state index is -1.31. The molecular formula is C73H135CrN4O6-. The van der Waals surface area contributed by atoms with E-state index in [4.69, 9.17) is 20.2 Å². The molecule has 1 saturated carbocycles. The van der Waals surface area contributed by atoms with Crippen molar-refractivity contribution in [3.63, 3.8) is 0 Å². The molecule has 0 aromatic heterocycles. The number of unbranched alkanes of at least 4 members (excludes halogenated alkanes) is 8. The van der Waals surface area contributed by atoms with E-state index in [1.165, 1.54) is 188 Å². The van der Waals surface area contributed by atoms with E-state index in [2.05, 4.69) is 121 Å². The second kappa shape index (κ2) is 46.0. The number of aliphatic imine (C=N–C) groups is 2. The molecule has 0 saturated heterocycles. The first-order valence-corrected chi connectivity index (χ1v) is 32.6. The number of phenolic OH excluding ortho intramolecular Hbond substituents is 2. The molecule has 2 aromatic carbocycles. The second-order valence-electron chi connectivity index (χ2n) is 25.7. The van der Waals surface area contributed by atoms with Crippen LogP contribution >= 0.6 is 0 Å². The first kappa shape index (κ1) is 87.2. The van der Waals surface area contributed by atoms with Crippen LogP contribution in [0.15, 0.2) is 34.3 Å². The minimum absolute atomic E-state index is 0. The maximum atomic E-state index is 12.1. The van der Waals surface area contributed by atoms with E-state index in [0.29, 0.717) is 11.5 Å². The Balaban J connectivity index is -0.00000250. The molecule has 2 atom stereocenters. The van der Waals surface area contributed by atoms with E-state index in [1.54, 1.807) is 0 Å². The Labute approximate surface area is 531 Å². The van der Waals surface area contributed by atoms with E-state index in [-0.39, 0.29) is 81.8 Å². The maximum absolute atomic E-state index is 12.1. The molecule has 0 heterocycles. The molecule has 0 bridgehead atoms. The second-order valence-corrected chi connectivity index (χ2v) is 25.7. The molecular weight excluding hydrogens is 1080 g/mol. The third-order valence-corrected chi connectivity index (χ3v) is 18.1. The standard InChI is InChI=1S/C66H116N4O2.C3H4O4.CH4.3CH3.Cr/c1-15-23-35-65(13,36-24-16-2)57-47-55(63(71)59(49-57)53(9)10)51-67-61-33-34-62(61)68-52-56-48-58(50-60(54(11)12)64(56)72)66(14,37-31-45-69(39-25-17-3,40-26-18-4)41-27-19-5)38-32-46-70(42-28-20-6,43-29-21-7)44-30-22-8;4-2(5)1-3(6)7;;;;;/h47-54,61-62H,15-46H2,1-14H3;1H2,(H,4,5)(H,6,7);1H4;3*1H3;/q;;;3*-1;/p+2. The molecule has 4 N–H and O–H groups in total. The summed E-state index contributed by atoms with van der Waals surface area (Å²) in [7, 11) is 0. The van der Waals surface area contributed by atoms with Crippen molar-refractivity contribution in [2.24, 2.45) is 9.98 Å². The van der Waals surface area contributed by atoms with Crippen LogP contribution in [0.5, 0.6) is 11.5 Å². The fourth-order valence-corrected chi connectivity index (χ4v) is 12.3. The van der Waals surface area contributed by atoms with Crippen LogP contribution in [0.25, 0.3) is 0 Å². The van der Waals surface area contributed by atoms with Crippen molar-refractivity contribution in [1.82, 2.24) is 0 Å². The number of aromatic hydroxyl groups is 2. The summed E-state index contributed by atoms with van der Waals surface area (Å²) in [4.78, 5) is 29.3. The van der Waals surface area contributed by atoms with Crippen molar-refractivity contribution >= 4 is 24.4 Å². The minimum Gasteiger partial charge on any atom is -0.507 e. The monoisotopic (exact) mass is 1220 g/mol. The Bertz CT molecular complexity index is 2000. The molecule has 10 nitrogen and oxygen atoms in total. The zero-order valence-electron chi connectivity index (χ0n) is 56.9. The molecule has 3 rings (SSSR count). The van der Waals surface area contributed by atoms with Crippen LogP contribution in [-0.2, 0) is 37.8 Å². The largest absolute Gasteiger partial charge is 0.507 e. The van der Waals surface area contributed by atoms with Crippen molar-refractivity contribution in [3.05, 3.63) is 79.9 Å². The molecule has 490 valence electrons. The van der Waals surface area contributed by atoms with Gasteiger partial charge in [-0.05, 0) is 147 Å². The zero-order chi connectivity index (χ0) is 59.1. The number of nitrogens with zero attached hydrogens (tertiary/aromatic N) is 4. The van der Waals surface area contributed by atoms with Gasteiger partial charge in [-0.2, -0.15) is 0 Å². The van der Waals surface area contributed by atoms with Gasteiger partial charge in [-0.3, -0.25) is 19.6 Å². The summed E-state index contributed by atoms with van der Waals surface area (Å²) >= 11 is 0. The van der Waals surface area contributed by atoms with Crippen LogP contribution in [0.1, 0.15) is 310 Å². The maximum Gasteiger partial charge on any atom is 0.314 e. The molecule has 1 aliphatic rings. The van der Waals surface area contributed by atoms with Crippen LogP contribution in [0.3, 0.4) is 0 Å². The van der Waals surface area contributed by atoms with Crippen LogP contribution in [0.2, 0.25) is 0 Å². The number of hydrogen-bond donors (Lipinski definition) is 4. The van der Waals surface area contributed by atoms with E-state index in [1.807, 2.05) is 12.4 Å². The number of carboxylic acid groups (broad SMARTS) is 2. The normalized spacial score (nSPS) is 14.4. The first-order valence-electron chi connectivity index (χ1n) is 32.6. The van der Waals surface area contributed by atoms with Gasteiger partial charge in [0.2, 0.25) is 0 Å². The molecule has 84 heavy (non-hydrogen) atoms. The Morgan fingerprint density at radius 1 is 0.488 bits per heavy atom. The van der Waals surface area contributed by atoms with Crippen molar-refractivity contribution < 1.29 is 56.3 Å². The topological polar surface area (TPSA) is 140 Å². The van der Waals surface area contributed by atoms with Gasteiger partial charge >= 0.3 is 11.9 Å². The van der Waals surface area contributed by atoms with Gasteiger partial charge in [0.25, 0.3) is 0 Å². The number of rotatable bonds is 42. The van der Waals surface area contributed by atoms with Gasteiger partial charge in [-0.1, -0.05) is 181 Å². The summed E-state index contributed by atoms with van der Waals surface area (Å²) in [6, 6.07) is 9.37. The summed E-state index contributed by atoms with van der Waals surface area (Å²) in [5.41, 5.74) is 6.53. The van der Waals surface area contributed by atoms with Crippen molar-refractivity contribution in [2.75, 3.05) is 52.4 Å². The summed E-state index contributed by atoms with van der Waals surface area (Å²) in [5, 5.41) is 39.1. The summed E-state index contributed by atoms with van der Waals surface area (Å²) in [5.74, 6) is -1.46. The number of quaternary nitrogens is 2. The van der Waals surface area contributed by atoms with Gasteiger partial charge in [-0.25, -0.2) is 0 Å². The molecule has 2 unspecified atom stereocenters. The molecule has 0 radical (unpaired) electrons. The average molecular weight is 1220 g/mol. The quantitative estimate of drug-likeness (QED) is 0.0226. The number of phenols is 2. The number of carboxylic acids is 2. The fraction of sp³-hybridized carbons (Fsp3) is 0.740. The number of aliphatic carboxylic acids is 2. The van der Waals surface area contributed by atoms with Gasteiger partial charge in [0.15, 0.2) is 0 Å². The predicted molar refractivity (Wildman–Crippen MR) is 363 cm³/mol. The Hall–Kier alpha value is -3.23.